The van der Waals surface area contributed by atoms with Crippen LogP contribution in [0.25, 0.3) is 0 Å². The number of thiophene rings is 1. The number of carbonyl (C=O) groups excluding carboxylic acids is 2. The first-order chi connectivity index (χ1) is 17.1. The van der Waals surface area contributed by atoms with Crippen LogP contribution in [0, 0.1) is 0 Å². The summed E-state index contributed by atoms with van der Waals surface area (Å²) in [5, 5.41) is 6.51. The first-order valence-electron chi connectivity index (χ1n) is 11.4. The van der Waals surface area contributed by atoms with Gasteiger partial charge in [-0.2, -0.15) is 0 Å². The predicted molar refractivity (Wildman–Crippen MR) is 135 cm³/mol. The lowest BCUT2D eigenvalue weighted by Crippen LogP contribution is -2.18. The number of aromatic nitrogens is 3. The summed E-state index contributed by atoms with van der Waals surface area (Å²) in [5.74, 6) is 1.00. The molecule has 0 saturated heterocycles. The van der Waals surface area contributed by atoms with Gasteiger partial charge in [-0.05, 0) is 67.6 Å². The van der Waals surface area contributed by atoms with Gasteiger partial charge in [-0.1, -0.05) is 0 Å². The minimum absolute atomic E-state index is 0.229. The molecule has 178 valence electrons. The number of pyridine rings is 1. The minimum Gasteiger partial charge on any atom is -0.486 e. The lowest BCUT2D eigenvalue weighted by molar-refractivity contribution is 0.102. The van der Waals surface area contributed by atoms with Crippen LogP contribution in [0.1, 0.15) is 49.8 Å². The summed E-state index contributed by atoms with van der Waals surface area (Å²) in [4.78, 5) is 35.6. The topological polar surface area (TPSA) is 98.1 Å². The van der Waals surface area contributed by atoms with Crippen molar-refractivity contribution in [3.05, 3.63) is 88.6 Å². The number of nitrogens with one attached hydrogen (secondary N) is 2. The van der Waals surface area contributed by atoms with E-state index in [2.05, 4.69) is 20.6 Å². The molecule has 9 heteroatoms. The second-order valence-electron chi connectivity index (χ2n) is 8.33. The number of imidazole rings is 1. The molecule has 0 aliphatic heterocycles. The number of hydrogen-bond acceptors (Lipinski definition) is 6. The number of ether oxygens (including phenoxy) is 1. The van der Waals surface area contributed by atoms with Crippen LogP contribution >= 0.6 is 11.3 Å². The lowest BCUT2D eigenvalue weighted by Gasteiger charge is -2.14. The number of benzene rings is 1. The summed E-state index contributed by atoms with van der Waals surface area (Å²) in [6.45, 7) is 0.357. The highest BCUT2D eigenvalue weighted by atomic mass is 32.1. The van der Waals surface area contributed by atoms with Crippen molar-refractivity contribution in [1.82, 2.24) is 14.5 Å². The Kier molecular flexibility index (Phi) is 6.58. The number of hydrogen-bond donors (Lipinski definition) is 2. The van der Waals surface area contributed by atoms with E-state index in [1.807, 2.05) is 29.9 Å². The molecule has 1 aromatic carbocycles. The average molecular weight is 488 g/mol. The van der Waals surface area contributed by atoms with Crippen LogP contribution in [0.4, 0.5) is 10.7 Å². The molecule has 0 bridgehead atoms. The normalized spacial score (nSPS) is 12.6. The molecule has 0 atom stereocenters. The second-order valence-corrected chi connectivity index (χ2v) is 9.44. The van der Waals surface area contributed by atoms with Crippen molar-refractivity contribution in [2.45, 2.75) is 32.3 Å². The Morgan fingerprint density at radius 3 is 2.63 bits per heavy atom. The summed E-state index contributed by atoms with van der Waals surface area (Å²) in [7, 11) is 1.92. The fraction of sp³-hybridized carbons (Fsp3) is 0.231. The summed E-state index contributed by atoms with van der Waals surface area (Å²) >= 11 is 1.49. The van der Waals surface area contributed by atoms with Gasteiger partial charge >= 0.3 is 0 Å². The zero-order chi connectivity index (χ0) is 24.2. The molecule has 0 radical (unpaired) electrons. The van der Waals surface area contributed by atoms with Crippen LogP contribution in [0.15, 0.2) is 61.2 Å². The molecule has 1 aliphatic carbocycles. The van der Waals surface area contributed by atoms with Crippen molar-refractivity contribution in [2.75, 3.05) is 10.6 Å². The first-order valence-corrected chi connectivity index (χ1v) is 12.3. The highest BCUT2D eigenvalue weighted by Gasteiger charge is 2.26. The number of rotatable bonds is 7. The van der Waals surface area contributed by atoms with Gasteiger partial charge < -0.3 is 19.9 Å². The SMILES string of the molecule is Cn1ccnc1COc1ccc(NC(=O)c2c(NC(=O)c3cccnc3)sc3c2CCCC3)cc1. The van der Waals surface area contributed by atoms with E-state index in [4.69, 9.17) is 4.74 Å². The molecule has 0 unspecified atom stereocenters. The van der Waals surface area contributed by atoms with Gasteiger partial charge in [0.2, 0.25) is 0 Å². The lowest BCUT2D eigenvalue weighted by atomic mass is 9.95. The third-order valence-corrected chi connectivity index (χ3v) is 7.16. The van der Waals surface area contributed by atoms with Crippen molar-refractivity contribution in [3.63, 3.8) is 0 Å². The fourth-order valence-corrected chi connectivity index (χ4v) is 5.36. The van der Waals surface area contributed by atoms with Gasteiger partial charge in [-0.3, -0.25) is 14.6 Å². The molecule has 5 rings (SSSR count). The maximum atomic E-state index is 13.4. The Hall–Kier alpha value is -3.98. The maximum absolute atomic E-state index is 13.4. The number of fused-ring (bicyclic) bond motifs is 1. The van der Waals surface area contributed by atoms with Crippen LogP contribution < -0.4 is 15.4 Å². The molecule has 1 aliphatic rings. The molecular weight excluding hydrogens is 462 g/mol. The van der Waals surface area contributed by atoms with Crippen molar-refractivity contribution in [3.8, 4) is 5.75 Å². The number of anilines is 2. The highest BCUT2D eigenvalue weighted by molar-refractivity contribution is 7.17. The summed E-state index contributed by atoms with van der Waals surface area (Å²) in [6.07, 6.45) is 10.6. The molecule has 35 heavy (non-hydrogen) atoms. The summed E-state index contributed by atoms with van der Waals surface area (Å²) in [6, 6.07) is 10.6. The van der Waals surface area contributed by atoms with Crippen LogP contribution in [-0.4, -0.2) is 26.3 Å². The van der Waals surface area contributed by atoms with E-state index < -0.39 is 0 Å². The molecular formula is C26H25N5O3S. The zero-order valence-corrected chi connectivity index (χ0v) is 20.1. The van der Waals surface area contributed by atoms with E-state index in [-0.39, 0.29) is 11.8 Å². The van der Waals surface area contributed by atoms with Crippen LogP contribution in [0.3, 0.4) is 0 Å². The van der Waals surface area contributed by atoms with E-state index >= 15 is 0 Å². The Balaban J connectivity index is 1.31. The monoisotopic (exact) mass is 487 g/mol. The van der Waals surface area contributed by atoms with Crippen LogP contribution in [-0.2, 0) is 26.5 Å². The zero-order valence-electron chi connectivity index (χ0n) is 19.3. The van der Waals surface area contributed by atoms with Gasteiger partial charge in [0.05, 0.1) is 11.1 Å². The van der Waals surface area contributed by atoms with E-state index in [0.717, 1.165) is 37.1 Å². The highest BCUT2D eigenvalue weighted by Crippen LogP contribution is 2.38. The molecule has 8 nitrogen and oxygen atoms in total. The molecule has 2 N–H and O–H groups in total. The summed E-state index contributed by atoms with van der Waals surface area (Å²) < 4.78 is 7.70. The first kappa shape index (κ1) is 22.8. The van der Waals surface area contributed by atoms with E-state index in [9.17, 15) is 9.59 Å². The molecule has 0 spiro atoms. The molecule has 2 amide bonds. The molecule has 0 saturated carbocycles. The number of nitrogens with zero attached hydrogens (tertiary/aromatic N) is 3. The number of carbonyl (C=O) groups is 2. The molecule has 3 aromatic heterocycles. The number of aryl methyl sites for hydroxylation is 2. The largest absolute Gasteiger partial charge is 0.486 e. The van der Waals surface area contributed by atoms with Crippen LogP contribution in [0.2, 0.25) is 0 Å². The van der Waals surface area contributed by atoms with Crippen molar-refractivity contribution < 1.29 is 14.3 Å². The van der Waals surface area contributed by atoms with Gasteiger partial charge in [0.15, 0.2) is 0 Å². The smallest absolute Gasteiger partial charge is 0.258 e. The standard InChI is InChI=1S/C26H25N5O3S/c1-31-14-13-28-22(31)16-34-19-10-8-18(9-11-19)29-25(33)23-20-6-2-3-7-21(20)35-26(23)30-24(32)17-5-4-12-27-15-17/h4-5,8-15H,2-3,6-7,16H2,1H3,(H,29,33)(H,30,32). The third kappa shape index (κ3) is 5.09. The number of amides is 2. The minimum atomic E-state index is -0.278. The van der Waals surface area contributed by atoms with Gasteiger partial charge in [0.25, 0.3) is 11.8 Å². The maximum Gasteiger partial charge on any atom is 0.258 e. The van der Waals surface area contributed by atoms with E-state index in [1.165, 1.54) is 22.4 Å². The molecule has 3 heterocycles. The van der Waals surface area contributed by atoms with Gasteiger partial charge in [-0.25, -0.2) is 4.98 Å². The van der Waals surface area contributed by atoms with Crippen molar-refractivity contribution in [2.24, 2.45) is 7.05 Å². The molecule has 0 fully saturated rings. The summed E-state index contributed by atoms with van der Waals surface area (Å²) in [5.41, 5.74) is 2.69. The quantitative estimate of drug-likeness (QED) is 0.389. The van der Waals surface area contributed by atoms with Gasteiger partial charge in [-0.15, -0.1) is 11.3 Å². The van der Waals surface area contributed by atoms with Crippen molar-refractivity contribution >= 4 is 33.8 Å². The molecule has 4 aromatic rings. The Morgan fingerprint density at radius 1 is 1.06 bits per heavy atom. The third-order valence-electron chi connectivity index (χ3n) is 5.95. The average Bonchev–Trinajstić information content (AvgIpc) is 3.46. The van der Waals surface area contributed by atoms with Gasteiger partial charge in [0, 0.05) is 42.4 Å². The second kappa shape index (κ2) is 10.1. The van der Waals surface area contributed by atoms with Crippen LogP contribution in [0.5, 0.6) is 5.75 Å². The Labute approximate surface area is 207 Å². The Morgan fingerprint density at radius 2 is 1.89 bits per heavy atom. The fourth-order valence-electron chi connectivity index (χ4n) is 4.08. The van der Waals surface area contributed by atoms with Gasteiger partial charge in [0.1, 0.15) is 23.2 Å². The van der Waals surface area contributed by atoms with Crippen molar-refractivity contribution in [1.29, 1.82) is 0 Å². The predicted octanol–water partition coefficient (Wildman–Crippen LogP) is 4.84. The van der Waals surface area contributed by atoms with E-state index in [0.29, 0.717) is 34.2 Å². The Bertz CT molecular complexity index is 1350. The van der Waals surface area contributed by atoms with E-state index in [1.54, 1.807) is 36.7 Å².